The molecule has 2 N–H and O–H groups in total. The van der Waals surface area contributed by atoms with Crippen LogP contribution in [0.5, 0.6) is 11.6 Å². The second-order valence-corrected chi connectivity index (χ2v) is 11.8. The summed E-state index contributed by atoms with van der Waals surface area (Å²) in [5.41, 5.74) is 2.10. The molecule has 0 radical (unpaired) electrons. The maximum absolute atomic E-state index is 17.0. The first-order valence-corrected chi connectivity index (χ1v) is 15.9. The number of phenolic OH excluding ortho intramolecular Hbond substituents is 1. The number of rotatable bonds is 5. The minimum absolute atomic E-state index is 0.0243. The molecule has 47 heavy (non-hydrogen) atoms. The number of pyridine rings is 3. The number of piperazine rings is 1. The van der Waals surface area contributed by atoms with Gasteiger partial charge in [-0.1, -0.05) is 31.9 Å². The van der Waals surface area contributed by atoms with Gasteiger partial charge in [-0.25, -0.2) is 13.8 Å². The zero-order chi connectivity index (χ0) is 32.8. The fraction of sp³-hybridized carbons (Fsp3) is 0.270. The number of fused-ring (bicyclic) bond motifs is 5. The molecule has 2 fully saturated rings. The summed E-state index contributed by atoms with van der Waals surface area (Å²) in [7, 11) is 0. The van der Waals surface area contributed by atoms with Crippen molar-refractivity contribution in [3.8, 4) is 35.2 Å². The molecule has 2 aromatic carbocycles. The van der Waals surface area contributed by atoms with Crippen LogP contribution in [-0.2, 0) is 6.61 Å². The predicted molar refractivity (Wildman–Crippen MR) is 180 cm³/mol. The third-order valence-corrected chi connectivity index (χ3v) is 8.90. The number of aromatic nitrogens is 4. The SMILES string of the molecule is C#Cc1c(F)ccc2cc(O)cc(-c3ncc4c(N5CC6CCC(C5)N6)nc(OCc5cn6ccccc6n5)c(C)c4c3F)c12.CC. The third kappa shape index (κ3) is 5.26. The molecule has 0 saturated carbocycles. The molecule has 0 spiro atoms. The summed E-state index contributed by atoms with van der Waals surface area (Å²) in [6.45, 7) is 7.34. The van der Waals surface area contributed by atoms with Gasteiger partial charge in [-0.05, 0) is 55.5 Å². The van der Waals surface area contributed by atoms with E-state index in [0.29, 0.717) is 45.3 Å². The van der Waals surface area contributed by atoms with Gasteiger partial charge in [0.15, 0.2) is 5.82 Å². The van der Waals surface area contributed by atoms with Gasteiger partial charge >= 0.3 is 0 Å². The molecule has 0 amide bonds. The maximum Gasteiger partial charge on any atom is 0.219 e. The van der Waals surface area contributed by atoms with E-state index in [2.05, 4.69) is 26.1 Å². The van der Waals surface area contributed by atoms with Crippen LogP contribution in [0.4, 0.5) is 14.6 Å². The van der Waals surface area contributed by atoms with Crippen LogP contribution in [0.3, 0.4) is 0 Å². The number of benzene rings is 2. The summed E-state index contributed by atoms with van der Waals surface area (Å²) in [5.74, 6) is 1.90. The lowest BCUT2D eigenvalue weighted by Crippen LogP contribution is -2.51. The number of imidazole rings is 1. The van der Waals surface area contributed by atoms with E-state index in [1.807, 2.05) is 48.8 Å². The minimum Gasteiger partial charge on any atom is -0.508 e. The first-order valence-electron chi connectivity index (χ1n) is 15.9. The molecule has 2 saturated heterocycles. The molecule has 4 aromatic heterocycles. The molecule has 8 rings (SSSR count). The average molecular weight is 633 g/mol. The molecule has 6 aromatic rings. The molecular formula is C37H34F2N6O2. The van der Waals surface area contributed by atoms with Crippen molar-refractivity contribution in [1.82, 2.24) is 24.7 Å². The molecule has 8 nitrogen and oxygen atoms in total. The van der Waals surface area contributed by atoms with Crippen molar-refractivity contribution in [3.63, 3.8) is 0 Å². The molecule has 2 aliphatic rings. The summed E-state index contributed by atoms with van der Waals surface area (Å²) in [5, 5.41) is 15.8. The zero-order valence-corrected chi connectivity index (χ0v) is 26.4. The van der Waals surface area contributed by atoms with Gasteiger partial charge in [0.25, 0.3) is 0 Å². The Morgan fingerprint density at radius 1 is 1.06 bits per heavy atom. The smallest absolute Gasteiger partial charge is 0.219 e. The Morgan fingerprint density at radius 2 is 1.85 bits per heavy atom. The van der Waals surface area contributed by atoms with E-state index in [-0.39, 0.29) is 40.4 Å². The molecule has 6 heterocycles. The van der Waals surface area contributed by atoms with Gasteiger partial charge in [-0.2, -0.15) is 4.98 Å². The highest BCUT2D eigenvalue weighted by Crippen LogP contribution is 2.41. The number of phenols is 1. The van der Waals surface area contributed by atoms with Crippen molar-refractivity contribution in [2.75, 3.05) is 18.0 Å². The molecular weight excluding hydrogens is 598 g/mol. The van der Waals surface area contributed by atoms with Crippen molar-refractivity contribution in [1.29, 1.82) is 0 Å². The first-order chi connectivity index (χ1) is 22.9. The lowest BCUT2D eigenvalue weighted by molar-refractivity contribution is 0.288. The van der Waals surface area contributed by atoms with Gasteiger partial charge in [0.1, 0.15) is 35.3 Å². The van der Waals surface area contributed by atoms with E-state index in [0.717, 1.165) is 31.6 Å². The minimum atomic E-state index is -0.636. The van der Waals surface area contributed by atoms with E-state index in [1.54, 1.807) is 13.1 Å². The predicted octanol–water partition coefficient (Wildman–Crippen LogP) is 6.92. The van der Waals surface area contributed by atoms with Crippen LogP contribution >= 0.6 is 0 Å². The van der Waals surface area contributed by atoms with Crippen LogP contribution < -0.4 is 15.0 Å². The second-order valence-electron chi connectivity index (χ2n) is 11.8. The number of hydrogen-bond acceptors (Lipinski definition) is 7. The highest BCUT2D eigenvalue weighted by molar-refractivity contribution is 6.04. The number of ether oxygens (including phenoxy) is 1. The van der Waals surface area contributed by atoms with Gasteiger partial charge < -0.3 is 24.5 Å². The Labute approximate surface area is 271 Å². The molecule has 238 valence electrons. The molecule has 2 unspecified atom stereocenters. The van der Waals surface area contributed by atoms with Gasteiger partial charge in [-0.3, -0.25) is 4.98 Å². The van der Waals surface area contributed by atoms with Gasteiger partial charge in [-0.15, -0.1) is 6.42 Å². The Kier molecular flexibility index (Phi) is 7.86. The summed E-state index contributed by atoms with van der Waals surface area (Å²) in [4.78, 5) is 16.3. The summed E-state index contributed by atoms with van der Waals surface area (Å²) in [6, 6.07) is 12.0. The topological polar surface area (TPSA) is 87.8 Å². The highest BCUT2D eigenvalue weighted by Gasteiger charge is 2.34. The number of aryl methyl sites for hydroxylation is 1. The standard InChI is InChI=1S/C35H28F2N6O2.C2H6/c1-3-25-28(36)10-7-20-12-24(44)13-26(31(20)25)33-32(37)30-19(2)35(45-18-23-17-42-11-5-4-6-29(42)40-23)41-34(27(30)14-38-33)43-15-21-8-9-22(16-43)39-21;1-2/h1,4-7,10-14,17,21-22,39,44H,8-9,15-16,18H2,2H3;1-2H3. The van der Waals surface area contributed by atoms with E-state index < -0.39 is 11.6 Å². The monoisotopic (exact) mass is 632 g/mol. The number of anilines is 1. The number of nitrogens with zero attached hydrogens (tertiary/aromatic N) is 5. The quantitative estimate of drug-likeness (QED) is 0.200. The summed E-state index contributed by atoms with van der Waals surface area (Å²) in [6.07, 6.45) is 13.2. The van der Waals surface area contributed by atoms with Crippen LogP contribution in [0.25, 0.3) is 38.4 Å². The van der Waals surface area contributed by atoms with Crippen molar-refractivity contribution in [3.05, 3.63) is 89.5 Å². The van der Waals surface area contributed by atoms with E-state index in [4.69, 9.17) is 16.1 Å². The van der Waals surface area contributed by atoms with Gasteiger partial charge in [0, 0.05) is 71.0 Å². The molecule has 2 bridgehead atoms. The lowest BCUT2D eigenvalue weighted by Gasteiger charge is -2.34. The Hall–Kier alpha value is -5.27. The van der Waals surface area contributed by atoms with Crippen LogP contribution in [0.1, 0.15) is 43.5 Å². The largest absolute Gasteiger partial charge is 0.508 e. The zero-order valence-electron chi connectivity index (χ0n) is 26.4. The molecule has 0 aliphatic carbocycles. The van der Waals surface area contributed by atoms with Crippen molar-refractivity contribution >= 4 is 33.0 Å². The lowest BCUT2D eigenvalue weighted by atomic mass is 9.95. The van der Waals surface area contributed by atoms with Crippen molar-refractivity contribution in [2.24, 2.45) is 0 Å². The maximum atomic E-state index is 17.0. The van der Waals surface area contributed by atoms with Crippen molar-refractivity contribution < 1.29 is 18.6 Å². The van der Waals surface area contributed by atoms with Gasteiger partial charge in [0.2, 0.25) is 5.88 Å². The van der Waals surface area contributed by atoms with Crippen LogP contribution in [0.15, 0.2) is 61.1 Å². The normalized spacial score (nSPS) is 17.1. The second kappa shape index (κ2) is 12.2. The summed E-state index contributed by atoms with van der Waals surface area (Å²) >= 11 is 0. The molecule has 2 atom stereocenters. The van der Waals surface area contributed by atoms with Crippen LogP contribution in [0, 0.1) is 30.9 Å². The summed E-state index contributed by atoms with van der Waals surface area (Å²) < 4.78 is 40.0. The van der Waals surface area contributed by atoms with E-state index in [9.17, 15) is 9.50 Å². The number of halogens is 2. The Bertz CT molecular complexity index is 2160. The highest BCUT2D eigenvalue weighted by atomic mass is 19.1. The van der Waals surface area contributed by atoms with Crippen LogP contribution in [-0.4, -0.2) is 49.6 Å². The van der Waals surface area contributed by atoms with Crippen LogP contribution in [0.2, 0.25) is 0 Å². The first kappa shape index (κ1) is 30.4. The average Bonchev–Trinajstić information content (AvgIpc) is 3.66. The van der Waals surface area contributed by atoms with Gasteiger partial charge in [0.05, 0.1) is 11.3 Å². The van der Waals surface area contributed by atoms with E-state index >= 15 is 4.39 Å². The fourth-order valence-corrected chi connectivity index (χ4v) is 6.86. The third-order valence-electron chi connectivity index (χ3n) is 8.90. The van der Waals surface area contributed by atoms with E-state index in [1.165, 1.54) is 24.3 Å². The Balaban J connectivity index is 0.00000172. The number of nitrogens with one attached hydrogen (secondary N) is 1. The molecule has 10 heteroatoms. The molecule has 2 aliphatic heterocycles. The number of hydrogen-bond donors (Lipinski definition) is 2. The fourth-order valence-electron chi connectivity index (χ4n) is 6.86. The number of terminal acetylenes is 1. The van der Waals surface area contributed by atoms with Crippen molar-refractivity contribution in [2.45, 2.75) is 52.3 Å². The number of aromatic hydroxyl groups is 1. The Morgan fingerprint density at radius 3 is 2.60 bits per heavy atom.